The van der Waals surface area contributed by atoms with Crippen LogP contribution in [0.1, 0.15) is 41.6 Å². The van der Waals surface area contributed by atoms with Crippen LogP contribution in [0.2, 0.25) is 0 Å². The summed E-state index contributed by atoms with van der Waals surface area (Å²) in [6, 6.07) is 12.4. The van der Waals surface area contributed by atoms with Gasteiger partial charge in [-0.2, -0.15) is 11.8 Å². The summed E-state index contributed by atoms with van der Waals surface area (Å²) in [6.07, 6.45) is 4.27. The van der Waals surface area contributed by atoms with Gasteiger partial charge in [0.1, 0.15) is 0 Å². The zero-order chi connectivity index (χ0) is 21.6. The molecule has 164 valence electrons. The zero-order valence-corrected chi connectivity index (χ0v) is 18.2. The third-order valence-electron chi connectivity index (χ3n) is 5.72. The number of non-ortho nitro benzene ring substituents is 1. The highest BCUT2D eigenvalue weighted by Gasteiger charge is 2.23. The Morgan fingerprint density at radius 3 is 2.68 bits per heavy atom. The minimum absolute atomic E-state index is 0.0743. The van der Waals surface area contributed by atoms with Crippen molar-refractivity contribution in [2.24, 2.45) is 0 Å². The average molecular weight is 442 g/mol. The van der Waals surface area contributed by atoms with Crippen LogP contribution in [0, 0.1) is 10.1 Å². The Morgan fingerprint density at radius 2 is 1.94 bits per heavy atom. The van der Waals surface area contributed by atoms with Gasteiger partial charge in [-0.1, -0.05) is 12.1 Å². The van der Waals surface area contributed by atoms with E-state index >= 15 is 0 Å². The number of hydrogen-bond donors (Lipinski definition) is 1. The molecular formula is C23H27N3O4S. The quantitative estimate of drug-likeness (QED) is 0.488. The molecule has 0 aliphatic carbocycles. The topological polar surface area (TPSA) is 84.7 Å². The maximum absolute atomic E-state index is 13.1. The molecule has 1 amide bonds. The zero-order valence-electron chi connectivity index (χ0n) is 17.4. The Labute approximate surface area is 186 Å². The predicted molar refractivity (Wildman–Crippen MR) is 124 cm³/mol. The van der Waals surface area contributed by atoms with E-state index in [1.165, 1.54) is 12.1 Å². The van der Waals surface area contributed by atoms with Gasteiger partial charge in [-0.25, -0.2) is 0 Å². The smallest absolute Gasteiger partial charge is 0.270 e. The van der Waals surface area contributed by atoms with Crippen LogP contribution in [0.4, 0.5) is 17.1 Å². The van der Waals surface area contributed by atoms with E-state index in [0.29, 0.717) is 16.5 Å². The van der Waals surface area contributed by atoms with Crippen molar-refractivity contribution >= 4 is 34.7 Å². The molecule has 2 aliphatic heterocycles. The molecule has 2 fully saturated rings. The molecule has 31 heavy (non-hydrogen) atoms. The van der Waals surface area contributed by atoms with Crippen molar-refractivity contribution in [3.05, 3.63) is 63.7 Å². The highest BCUT2D eigenvalue weighted by molar-refractivity contribution is 7.99. The Morgan fingerprint density at radius 1 is 1.16 bits per heavy atom. The first-order valence-electron chi connectivity index (χ1n) is 10.7. The molecule has 7 nitrogen and oxygen atoms in total. The molecule has 0 spiro atoms. The van der Waals surface area contributed by atoms with Crippen LogP contribution < -0.4 is 10.2 Å². The molecule has 0 aromatic heterocycles. The van der Waals surface area contributed by atoms with E-state index in [1.54, 1.807) is 6.07 Å². The monoisotopic (exact) mass is 441 g/mol. The Bertz CT molecular complexity index is 940. The van der Waals surface area contributed by atoms with Gasteiger partial charge in [-0.15, -0.1) is 0 Å². The lowest BCUT2D eigenvalue weighted by atomic mass is 10.1. The third kappa shape index (κ3) is 5.57. The first-order chi connectivity index (χ1) is 15.1. The summed E-state index contributed by atoms with van der Waals surface area (Å²) < 4.78 is 5.42. The molecule has 4 rings (SSSR count). The molecule has 0 bridgehead atoms. The summed E-state index contributed by atoms with van der Waals surface area (Å²) in [4.78, 5) is 26.0. The number of benzene rings is 2. The number of nitrogens with one attached hydrogen (secondary N) is 1. The maximum Gasteiger partial charge on any atom is 0.270 e. The summed E-state index contributed by atoms with van der Waals surface area (Å²) >= 11 is 1.92. The standard InChI is InChI=1S/C23H27N3O4S/c27-23(21-15-19(26(28)29)6-7-22(21)25-10-1-2-11-25)24-18-5-3-4-17(14-18)16-31-20-8-12-30-13-9-20/h3-7,14-15,20H,1-2,8-13,16H2,(H,24,27). The van der Waals surface area contributed by atoms with E-state index in [9.17, 15) is 14.9 Å². The normalized spacial score (nSPS) is 17.0. The Balaban J connectivity index is 1.48. The second kappa shape index (κ2) is 10.2. The van der Waals surface area contributed by atoms with Crippen molar-refractivity contribution in [2.75, 3.05) is 36.5 Å². The van der Waals surface area contributed by atoms with E-state index in [0.717, 1.165) is 69.0 Å². The molecule has 0 atom stereocenters. The minimum atomic E-state index is -0.460. The molecule has 0 unspecified atom stereocenters. The minimum Gasteiger partial charge on any atom is -0.381 e. The van der Waals surface area contributed by atoms with Crippen molar-refractivity contribution in [1.29, 1.82) is 0 Å². The summed E-state index contributed by atoms with van der Waals surface area (Å²) in [5.74, 6) is 0.560. The highest BCUT2D eigenvalue weighted by Crippen LogP contribution is 2.30. The number of rotatable bonds is 7. The summed E-state index contributed by atoms with van der Waals surface area (Å²) in [6.45, 7) is 3.38. The first-order valence-corrected chi connectivity index (χ1v) is 11.8. The fraction of sp³-hybridized carbons (Fsp3) is 0.435. The molecule has 0 radical (unpaired) electrons. The van der Waals surface area contributed by atoms with Crippen molar-refractivity contribution in [3.8, 4) is 0 Å². The van der Waals surface area contributed by atoms with E-state index in [4.69, 9.17) is 4.74 Å². The van der Waals surface area contributed by atoms with Crippen LogP contribution in [0.5, 0.6) is 0 Å². The van der Waals surface area contributed by atoms with Gasteiger partial charge in [-0.05, 0) is 49.4 Å². The number of nitrogens with zero attached hydrogens (tertiary/aromatic N) is 2. The van der Waals surface area contributed by atoms with Crippen LogP contribution in [-0.4, -0.2) is 42.4 Å². The fourth-order valence-electron chi connectivity index (χ4n) is 4.05. The van der Waals surface area contributed by atoms with Gasteiger partial charge in [0.2, 0.25) is 0 Å². The summed E-state index contributed by atoms with van der Waals surface area (Å²) in [5, 5.41) is 14.8. The number of anilines is 2. The number of nitro benzene ring substituents is 1. The van der Waals surface area contributed by atoms with Crippen molar-refractivity contribution in [1.82, 2.24) is 0 Å². The van der Waals surface area contributed by atoms with Crippen molar-refractivity contribution in [2.45, 2.75) is 36.7 Å². The van der Waals surface area contributed by atoms with Crippen LogP contribution in [-0.2, 0) is 10.5 Å². The number of nitro groups is 1. The molecule has 2 aliphatic rings. The second-order valence-electron chi connectivity index (χ2n) is 7.93. The molecule has 2 aromatic carbocycles. The molecule has 1 N–H and O–H groups in total. The first kappa shape index (κ1) is 21.6. The summed E-state index contributed by atoms with van der Waals surface area (Å²) in [5.41, 5.74) is 2.88. The Hall–Kier alpha value is -2.58. The lowest BCUT2D eigenvalue weighted by Gasteiger charge is -2.21. The van der Waals surface area contributed by atoms with Gasteiger partial charge < -0.3 is 15.0 Å². The summed E-state index contributed by atoms with van der Waals surface area (Å²) in [7, 11) is 0. The van der Waals surface area contributed by atoms with Crippen LogP contribution in [0.25, 0.3) is 0 Å². The SMILES string of the molecule is O=C(Nc1cccc(CSC2CCOCC2)c1)c1cc([N+](=O)[O-])ccc1N1CCCC1. The molecule has 2 heterocycles. The molecule has 2 aromatic rings. The van der Waals surface area contributed by atoms with Gasteiger partial charge in [0, 0.05) is 55.1 Å². The molecule has 2 saturated heterocycles. The second-order valence-corrected chi connectivity index (χ2v) is 9.22. The van der Waals surface area contributed by atoms with Crippen LogP contribution in [0.15, 0.2) is 42.5 Å². The lowest BCUT2D eigenvalue weighted by molar-refractivity contribution is -0.384. The highest BCUT2D eigenvalue weighted by atomic mass is 32.2. The largest absolute Gasteiger partial charge is 0.381 e. The molecule has 8 heteroatoms. The van der Waals surface area contributed by atoms with E-state index in [-0.39, 0.29) is 11.6 Å². The van der Waals surface area contributed by atoms with Crippen molar-refractivity contribution in [3.63, 3.8) is 0 Å². The van der Waals surface area contributed by atoms with E-state index in [2.05, 4.69) is 16.3 Å². The number of amides is 1. The average Bonchev–Trinajstić information content (AvgIpc) is 3.33. The van der Waals surface area contributed by atoms with Crippen LogP contribution in [0.3, 0.4) is 0 Å². The van der Waals surface area contributed by atoms with Crippen molar-refractivity contribution < 1.29 is 14.5 Å². The Kier molecular flexibility index (Phi) is 7.09. The number of carbonyl (C=O) groups excluding carboxylic acids is 1. The maximum atomic E-state index is 13.1. The number of carbonyl (C=O) groups is 1. The van der Waals surface area contributed by atoms with Gasteiger partial charge in [0.25, 0.3) is 11.6 Å². The van der Waals surface area contributed by atoms with Gasteiger partial charge in [0.05, 0.1) is 16.2 Å². The molecule has 0 saturated carbocycles. The number of ether oxygens (including phenoxy) is 1. The van der Waals surface area contributed by atoms with Gasteiger partial charge in [-0.3, -0.25) is 14.9 Å². The van der Waals surface area contributed by atoms with E-state index in [1.807, 2.05) is 30.0 Å². The lowest BCUT2D eigenvalue weighted by Crippen LogP contribution is -2.23. The third-order valence-corrected chi connectivity index (χ3v) is 7.16. The molecular weight excluding hydrogens is 414 g/mol. The fourth-order valence-corrected chi connectivity index (χ4v) is 5.18. The predicted octanol–water partition coefficient (Wildman–Crippen LogP) is 4.86. The van der Waals surface area contributed by atoms with E-state index < -0.39 is 4.92 Å². The van der Waals surface area contributed by atoms with Crippen LogP contribution >= 0.6 is 11.8 Å². The van der Waals surface area contributed by atoms with Gasteiger partial charge in [0.15, 0.2) is 0 Å². The van der Waals surface area contributed by atoms with Gasteiger partial charge >= 0.3 is 0 Å². The number of hydrogen-bond acceptors (Lipinski definition) is 6. The number of thioether (sulfide) groups is 1.